The van der Waals surface area contributed by atoms with E-state index in [9.17, 15) is 4.79 Å². The Labute approximate surface area is 208 Å². The molecule has 3 heteroatoms. The lowest BCUT2D eigenvalue weighted by atomic mass is 9.96. The molecule has 0 spiro atoms. The average molecular weight is 464 g/mol. The zero-order valence-electron chi connectivity index (χ0n) is 20.2. The first kappa shape index (κ1) is 22.2. The third-order valence-corrected chi connectivity index (χ3v) is 8.08. The molecule has 2 unspecified atom stereocenters. The number of rotatable bonds is 7. The summed E-state index contributed by atoms with van der Waals surface area (Å²) >= 11 is 0. The third kappa shape index (κ3) is 4.40. The van der Waals surface area contributed by atoms with Crippen LogP contribution in [0.3, 0.4) is 0 Å². The van der Waals surface area contributed by atoms with Crippen molar-refractivity contribution in [2.24, 2.45) is 0 Å². The smallest absolute Gasteiger partial charge is 0.410 e. The molecule has 6 rings (SSSR count). The van der Waals surface area contributed by atoms with Gasteiger partial charge in [0.2, 0.25) is 0 Å². The van der Waals surface area contributed by atoms with Crippen molar-refractivity contribution in [2.75, 3.05) is 6.61 Å². The SMILES string of the molecule is O=C(OCC1c2ccccc2-c2ccccc21)N1C2C=C(CCCCc3ccccc3)CC1CC2. The summed E-state index contributed by atoms with van der Waals surface area (Å²) in [5.74, 6) is 0.115. The van der Waals surface area contributed by atoms with Gasteiger partial charge >= 0.3 is 6.09 Å². The Bertz CT molecular complexity index is 1190. The number of carbonyl (C=O) groups is 1. The van der Waals surface area contributed by atoms with Crippen LogP contribution in [-0.4, -0.2) is 29.7 Å². The van der Waals surface area contributed by atoms with Crippen LogP contribution in [0, 0.1) is 0 Å². The van der Waals surface area contributed by atoms with Crippen molar-refractivity contribution >= 4 is 6.09 Å². The monoisotopic (exact) mass is 463 g/mol. The van der Waals surface area contributed by atoms with Gasteiger partial charge in [-0.25, -0.2) is 4.79 Å². The normalized spacial score (nSPS) is 20.3. The van der Waals surface area contributed by atoms with E-state index in [1.165, 1.54) is 46.2 Å². The van der Waals surface area contributed by atoms with Gasteiger partial charge in [-0.05, 0) is 72.8 Å². The molecule has 0 N–H and O–H groups in total. The van der Waals surface area contributed by atoms with Gasteiger partial charge in [0.1, 0.15) is 6.61 Å². The van der Waals surface area contributed by atoms with Gasteiger partial charge in [0.15, 0.2) is 0 Å². The highest BCUT2D eigenvalue weighted by atomic mass is 16.6. The highest BCUT2D eigenvalue weighted by Gasteiger charge is 2.40. The molecule has 3 aromatic carbocycles. The van der Waals surface area contributed by atoms with Gasteiger partial charge in [0.05, 0.1) is 6.04 Å². The van der Waals surface area contributed by atoms with Crippen molar-refractivity contribution in [2.45, 2.75) is 62.9 Å². The van der Waals surface area contributed by atoms with Crippen LogP contribution in [0.15, 0.2) is 90.5 Å². The Morgan fingerprint density at radius 3 is 2.17 bits per heavy atom. The van der Waals surface area contributed by atoms with Crippen molar-refractivity contribution in [3.63, 3.8) is 0 Å². The van der Waals surface area contributed by atoms with Gasteiger partial charge in [0.25, 0.3) is 0 Å². The summed E-state index contributed by atoms with van der Waals surface area (Å²) in [6.45, 7) is 0.402. The van der Waals surface area contributed by atoms with Gasteiger partial charge < -0.3 is 4.74 Å². The molecule has 0 aromatic heterocycles. The van der Waals surface area contributed by atoms with Gasteiger partial charge in [-0.2, -0.15) is 0 Å². The zero-order chi connectivity index (χ0) is 23.6. The summed E-state index contributed by atoms with van der Waals surface area (Å²) in [4.78, 5) is 15.3. The first-order valence-electron chi connectivity index (χ1n) is 13.1. The van der Waals surface area contributed by atoms with E-state index in [1.807, 2.05) is 4.90 Å². The molecular formula is C32H33NO2. The lowest BCUT2D eigenvalue weighted by Gasteiger charge is -2.33. The summed E-state index contributed by atoms with van der Waals surface area (Å²) in [6, 6.07) is 28.3. The minimum Gasteiger partial charge on any atom is -0.448 e. The lowest BCUT2D eigenvalue weighted by Crippen LogP contribution is -2.43. The van der Waals surface area contributed by atoms with E-state index in [0.717, 1.165) is 32.1 Å². The minimum absolute atomic E-state index is 0.115. The quantitative estimate of drug-likeness (QED) is 0.268. The van der Waals surface area contributed by atoms with Crippen molar-refractivity contribution in [1.29, 1.82) is 0 Å². The molecule has 3 nitrogen and oxygen atoms in total. The van der Waals surface area contributed by atoms with E-state index in [2.05, 4.69) is 84.9 Å². The molecule has 1 saturated heterocycles. The number of nitrogens with zero attached hydrogens (tertiary/aromatic N) is 1. The molecule has 0 radical (unpaired) electrons. The second kappa shape index (κ2) is 9.73. The van der Waals surface area contributed by atoms with Crippen molar-refractivity contribution in [3.05, 3.63) is 107 Å². The maximum atomic E-state index is 13.2. The third-order valence-electron chi connectivity index (χ3n) is 8.08. The molecule has 2 atom stereocenters. The van der Waals surface area contributed by atoms with Crippen molar-refractivity contribution in [3.8, 4) is 11.1 Å². The number of aryl methyl sites for hydroxylation is 1. The second-order valence-electron chi connectivity index (χ2n) is 10.2. The highest BCUT2D eigenvalue weighted by Crippen LogP contribution is 2.45. The van der Waals surface area contributed by atoms with E-state index in [0.29, 0.717) is 12.6 Å². The maximum absolute atomic E-state index is 13.2. The summed E-state index contributed by atoms with van der Waals surface area (Å²) in [7, 11) is 0. The average Bonchev–Trinajstić information content (AvgIpc) is 3.37. The van der Waals surface area contributed by atoms with Crippen LogP contribution in [0.5, 0.6) is 0 Å². The van der Waals surface area contributed by atoms with E-state index < -0.39 is 0 Å². The summed E-state index contributed by atoms with van der Waals surface area (Å²) in [5.41, 5.74) is 8.02. The van der Waals surface area contributed by atoms with Gasteiger partial charge in [0, 0.05) is 12.0 Å². The summed E-state index contributed by atoms with van der Waals surface area (Å²) < 4.78 is 6.00. The van der Waals surface area contributed by atoms with E-state index >= 15 is 0 Å². The van der Waals surface area contributed by atoms with Crippen LogP contribution < -0.4 is 0 Å². The lowest BCUT2D eigenvalue weighted by molar-refractivity contribution is 0.0848. The Balaban J connectivity index is 1.06. The number of fused-ring (bicyclic) bond motifs is 5. The predicted molar refractivity (Wildman–Crippen MR) is 140 cm³/mol. The Hall–Kier alpha value is -3.33. The summed E-state index contributed by atoms with van der Waals surface area (Å²) in [5, 5.41) is 0. The van der Waals surface area contributed by atoms with Crippen LogP contribution in [0.4, 0.5) is 4.79 Å². The Morgan fingerprint density at radius 1 is 0.800 bits per heavy atom. The van der Waals surface area contributed by atoms with E-state index in [4.69, 9.17) is 4.74 Å². The van der Waals surface area contributed by atoms with Crippen LogP contribution in [-0.2, 0) is 11.2 Å². The molecule has 0 saturated carbocycles. The Morgan fingerprint density at radius 2 is 1.46 bits per heavy atom. The van der Waals surface area contributed by atoms with Crippen molar-refractivity contribution in [1.82, 2.24) is 4.90 Å². The topological polar surface area (TPSA) is 29.5 Å². The molecule has 1 amide bonds. The summed E-state index contributed by atoms with van der Waals surface area (Å²) in [6.07, 6.45) is 10.1. The van der Waals surface area contributed by atoms with Crippen LogP contribution >= 0.6 is 0 Å². The number of hydrogen-bond donors (Lipinski definition) is 0. The first-order chi connectivity index (χ1) is 17.3. The number of ether oxygens (including phenoxy) is 1. The zero-order valence-corrected chi connectivity index (χ0v) is 20.2. The number of hydrogen-bond acceptors (Lipinski definition) is 2. The number of amides is 1. The van der Waals surface area contributed by atoms with Crippen LogP contribution in [0.2, 0.25) is 0 Å². The molecule has 3 aliphatic rings. The molecule has 1 aliphatic carbocycles. The molecule has 178 valence electrons. The van der Waals surface area contributed by atoms with Crippen molar-refractivity contribution < 1.29 is 9.53 Å². The molecule has 1 fully saturated rings. The maximum Gasteiger partial charge on any atom is 0.410 e. The Kier molecular flexibility index (Phi) is 6.16. The number of carbonyl (C=O) groups excluding carboxylic acids is 1. The van der Waals surface area contributed by atoms with Gasteiger partial charge in [-0.1, -0.05) is 90.5 Å². The molecule has 3 aromatic rings. The van der Waals surface area contributed by atoms with Crippen LogP contribution in [0.25, 0.3) is 11.1 Å². The van der Waals surface area contributed by atoms with E-state index in [-0.39, 0.29) is 18.1 Å². The largest absolute Gasteiger partial charge is 0.448 e. The highest BCUT2D eigenvalue weighted by molar-refractivity contribution is 5.79. The predicted octanol–water partition coefficient (Wildman–Crippen LogP) is 7.51. The standard InChI is InChI=1S/C32H33NO2/c34-32(35-22-31-29-16-8-6-14-27(29)28-15-7-9-17-30(28)31)33-25-18-19-26(33)21-24(20-25)13-5-4-12-23-10-2-1-3-11-23/h1-3,6-11,14-17,20,25-26,31H,4-5,12-13,18-19,21-22H2. The van der Waals surface area contributed by atoms with E-state index in [1.54, 1.807) is 0 Å². The fourth-order valence-corrected chi connectivity index (χ4v) is 6.38. The molecule has 2 heterocycles. The van der Waals surface area contributed by atoms with Gasteiger partial charge in [-0.15, -0.1) is 0 Å². The minimum atomic E-state index is -0.140. The second-order valence-corrected chi connectivity index (χ2v) is 10.2. The van der Waals surface area contributed by atoms with Gasteiger partial charge in [-0.3, -0.25) is 4.90 Å². The number of benzene rings is 3. The fourth-order valence-electron chi connectivity index (χ4n) is 6.38. The molecule has 2 bridgehead atoms. The number of unbranched alkanes of at least 4 members (excludes halogenated alkanes) is 1. The fraction of sp³-hybridized carbons (Fsp3) is 0.344. The molecule has 2 aliphatic heterocycles. The first-order valence-corrected chi connectivity index (χ1v) is 13.1. The molecule has 35 heavy (non-hydrogen) atoms. The van der Waals surface area contributed by atoms with Crippen LogP contribution in [0.1, 0.15) is 61.1 Å². The molecular weight excluding hydrogens is 430 g/mol.